The van der Waals surface area contributed by atoms with Gasteiger partial charge in [-0.25, -0.2) is 0 Å². The van der Waals surface area contributed by atoms with Gasteiger partial charge in [-0.05, 0) is 83.2 Å². The number of nitrogens with zero attached hydrogens (tertiary/aromatic N) is 3. The zero-order chi connectivity index (χ0) is 15.4. The third kappa shape index (κ3) is 4.22. The zero-order valence-corrected chi connectivity index (χ0v) is 14.7. The van der Waals surface area contributed by atoms with Crippen molar-refractivity contribution in [2.45, 2.75) is 32.1 Å². The van der Waals surface area contributed by atoms with Crippen LogP contribution in [0.3, 0.4) is 0 Å². The Hall–Kier alpha value is -0.160. The molecule has 0 saturated carbocycles. The Labute approximate surface area is 136 Å². The number of hydrogen-bond donors (Lipinski definition) is 0. The van der Waals surface area contributed by atoms with Gasteiger partial charge in [0, 0.05) is 26.7 Å². The molecule has 3 saturated heterocycles. The van der Waals surface area contributed by atoms with Crippen molar-refractivity contribution in [3.63, 3.8) is 0 Å². The fraction of sp³-hybridized carbons (Fsp3) is 1.00. The number of methoxy groups -OCH3 is 1. The highest BCUT2D eigenvalue weighted by Crippen LogP contribution is 2.40. The van der Waals surface area contributed by atoms with E-state index in [-0.39, 0.29) is 0 Å². The average molecular weight is 309 g/mol. The summed E-state index contributed by atoms with van der Waals surface area (Å²) in [6.45, 7) is 11.3. The van der Waals surface area contributed by atoms with Gasteiger partial charge in [0.2, 0.25) is 0 Å². The highest BCUT2D eigenvalue weighted by molar-refractivity contribution is 4.93. The van der Waals surface area contributed by atoms with Crippen LogP contribution >= 0.6 is 0 Å². The normalized spacial score (nSPS) is 28.6. The van der Waals surface area contributed by atoms with Crippen LogP contribution in [0, 0.1) is 11.3 Å². The lowest BCUT2D eigenvalue weighted by molar-refractivity contribution is 0.0741. The number of piperidine rings is 2. The molecule has 0 unspecified atom stereocenters. The minimum absolute atomic E-state index is 0.675. The summed E-state index contributed by atoms with van der Waals surface area (Å²) in [6, 6.07) is 0. The first-order valence-corrected chi connectivity index (χ1v) is 9.31. The van der Waals surface area contributed by atoms with Crippen LogP contribution in [0.4, 0.5) is 0 Å². The van der Waals surface area contributed by atoms with Crippen LogP contribution in [0.25, 0.3) is 0 Å². The first-order valence-electron chi connectivity index (χ1n) is 9.31. The van der Waals surface area contributed by atoms with Gasteiger partial charge in [0.15, 0.2) is 0 Å². The maximum atomic E-state index is 5.19. The number of ether oxygens (including phenoxy) is 1. The standard InChI is InChI=1S/C18H35N3O/c1-19-10-5-18(16-19)6-11-21(12-7-18)15-17-3-8-20(9-4-17)13-14-22-2/h17H,3-16H2,1-2H3. The summed E-state index contributed by atoms with van der Waals surface area (Å²) in [5.74, 6) is 0.930. The van der Waals surface area contributed by atoms with Crippen LogP contribution in [0.1, 0.15) is 32.1 Å². The largest absolute Gasteiger partial charge is 0.383 e. The highest BCUT2D eigenvalue weighted by Gasteiger charge is 2.39. The molecule has 0 aliphatic carbocycles. The van der Waals surface area contributed by atoms with E-state index in [4.69, 9.17) is 4.74 Å². The van der Waals surface area contributed by atoms with Crippen LogP contribution in [0.15, 0.2) is 0 Å². The van der Waals surface area contributed by atoms with Crippen molar-refractivity contribution in [3.8, 4) is 0 Å². The van der Waals surface area contributed by atoms with Gasteiger partial charge >= 0.3 is 0 Å². The lowest BCUT2D eigenvalue weighted by Gasteiger charge is -2.41. The molecule has 4 heteroatoms. The SMILES string of the molecule is COCCN1CCC(CN2CCC3(CCN(C)C3)CC2)CC1. The van der Waals surface area contributed by atoms with Gasteiger partial charge in [-0.3, -0.25) is 0 Å². The van der Waals surface area contributed by atoms with Crippen molar-refractivity contribution in [1.29, 1.82) is 0 Å². The third-order valence-corrected chi connectivity index (χ3v) is 6.38. The zero-order valence-electron chi connectivity index (χ0n) is 14.7. The summed E-state index contributed by atoms with van der Waals surface area (Å²) >= 11 is 0. The van der Waals surface area contributed by atoms with Crippen LogP contribution in [0.2, 0.25) is 0 Å². The van der Waals surface area contributed by atoms with Gasteiger partial charge in [-0.2, -0.15) is 0 Å². The van der Waals surface area contributed by atoms with Crippen LogP contribution in [-0.4, -0.2) is 87.8 Å². The molecule has 0 radical (unpaired) electrons. The molecule has 0 aromatic heterocycles. The van der Waals surface area contributed by atoms with Gasteiger partial charge in [0.25, 0.3) is 0 Å². The van der Waals surface area contributed by atoms with Crippen LogP contribution in [0.5, 0.6) is 0 Å². The smallest absolute Gasteiger partial charge is 0.0589 e. The Bertz CT molecular complexity index is 333. The molecular weight excluding hydrogens is 274 g/mol. The van der Waals surface area contributed by atoms with E-state index in [0.29, 0.717) is 5.41 Å². The monoisotopic (exact) mass is 309 g/mol. The molecule has 1 spiro atoms. The van der Waals surface area contributed by atoms with Crippen LogP contribution in [-0.2, 0) is 4.74 Å². The summed E-state index contributed by atoms with van der Waals surface area (Å²) in [7, 11) is 4.09. The second-order valence-electron chi connectivity index (χ2n) is 8.07. The Kier molecular flexibility index (Phi) is 5.77. The summed E-state index contributed by atoms with van der Waals surface area (Å²) in [5.41, 5.74) is 0.675. The molecule has 0 N–H and O–H groups in total. The molecule has 3 aliphatic heterocycles. The highest BCUT2D eigenvalue weighted by atomic mass is 16.5. The number of hydrogen-bond acceptors (Lipinski definition) is 4. The first-order chi connectivity index (χ1) is 10.7. The van der Waals surface area contributed by atoms with Gasteiger partial charge in [-0.15, -0.1) is 0 Å². The van der Waals surface area contributed by atoms with E-state index < -0.39 is 0 Å². The molecule has 3 rings (SSSR count). The molecule has 3 heterocycles. The molecule has 22 heavy (non-hydrogen) atoms. The second-order valence-corrected chi connectivity index (χ2v) is 8.07. The molecule has 0 bridgehead atoms. The molecule has 0 atom stereocenters. The summed E-state index contributed by atoms with van der Waals surface area (Å²) in [4.78, 5) is 7.87. The minimum Gasteiger partial charge on any atom is -0.383 e. The van der Waals surface area contributed by atoms with Crippen molar-refractivity contribution in [3.05, 3.63) is 0 Å². The second kappa shape index (κ2) is 7.61. The van der Waals surface area contributed by atoms with E-state index in [1.165, 1.54) is 77.9 Å². The molecule has 3 fully saturated rings. The van der Waals surface area contributed by atoms with Crippen molar-refractivity contribution in [1.82, 2.24) is 14.7 Å². The molecular formula is C18H35N3O. The van der Waals surface area contributed by atoms with Gasteiger partial charge in [-0.1, -0.05) is 0 Å². The van der Waals surface area contributed by atoms with E-state index in [0.717, 1.165) is 19.1 Å². The van der Waals surface area contributed by atoms with Gasteiger partial charge in [0.05, 0.1) is 6.61 Å². The van der Waals surface area contributed by atoms with E-state index in [2.05, 4.69) is 21.7 Å². The van der Waals surface area contributed by atoms with Crippen LogP contribution < -0.4 is 0 Å². The number of likely N-dealkylation sites (tertiary alicyclic amines) is 3. The molecule has 0 amide bonds. The fourth-order valence-electron chi connectivity index (χ4n) is 4.75. The van der Waals surface area contributed by atoms with E-state index in [1.54, 1.807) is 7.11 Å². The van der Waals surface area contributed by atoms with E-state index >= 15 is 0 Å². The Morgan fingerprint density at radius 1 is 0.955 bits per heavy atom. The number of rotatable bonds is 5. The molecule has 128 valence electrons. The minimum atomic E-state index is 0.675. The molecule has 4 nitrogen and oxygen atoms in total. The average Bonchev–Trinajstić information content (AvgIpc) is 2.90. The van der Waals surface area contributed by atoms with Gasteiger partial charge in [0.1, 0.15) is 0 Å². The Balaban J connectivity index is 1.35. The van der Waals surface area contributed by atoms with Crippen molar-refractivity contribution < 1.29 is 4.74 Å². The van der Waals surface area contributed by atoms with E-state index in [9.17, 15) is 0 Å². The lowest BCUT2D eigenvalue weighted by Crippen LogP contribution is -2.45. The van der Waals surface area contributed by atoms with Gasteiger partial charge < -0.3 is 19.4 Å². The maximum Gasteiger partial charge on any atom is 0.0589 e. The van der Waals surface area contributed by atoms with Crippen molar-refractivity contribution in [2.24, 2.45) is 11.3 Å². The molecule has 0 aromatic rings. The van der Waals surface area contributed by atoms with Crippen molar-refractivity contribution >= 4 is 0 Å². The van der Waals surface area contributed by atoms with E-state index in [1.807, 2.05) is 0 Å². The van der Waals surface area contributed by atoms with Crippen molar-refractivity contribution in [2.75, 3.05) is 73.1 Å². The fourth-order valence-corrected chi connectivity index (χ4v) is 4.75. The Morgan fingerprint density at radius 2 is 1.64 bits per heavy atom. The topological polar surface area (TPSA) is 19.0 Å². The summed E-state index contributed by atoms with van der Waals surface area (Å²) in [5, 5.41) is 0. The molecule has 0 aromatic carbocycles. The third-order valence-electron chi connectivity index (χ3n) is 6.38. The predicted octanol–water partition coefficient (Wildman–Crippen LogP) is 1.76. The Morgan fingerprint density at radius 3 is 2.23 bits per heavy atom. The first kappa shape index (κ1) is 16.7. The lowest BCUT2D eigenvalue weighted by atomic mass is 9.77. The quantitative estimate of drug-likeness (QED) is 0.770. The molecule has 3 aliphatic rings. The maximum absolute atomic E-state index is 5.19. The summed E-state index contributed by atoms with van der Waals surface area (Å²) < 4.78 is 5.19. The summed E-state index contributed by atoms with van der Waals surface area (Å²) in [6.07, 6.45) is 7.07. The predicted molar refractivity (Wildman–Crippen MR) is 91.3 cm³/mol.